The first-order valence-corrected chi connectivity index (χ1v) is 18.5. The maximum absolute atomic E-state index is 14.2. The molecule has 2 aliphatic carbocycles. The van der Waals surface area contributed by atoms with Crippen molar-refractivity contribution in [2.75, 3.05) is 6.54 Å². The van der Waals surface area contributed by atoms with Crippen LogP contribution in [0.3, 0.4) is 0 Å². The average molecular weight is 663 g/mol. The number of hydrogen-bond donors (Lipinski definition) is 0. The van der Waals surface area contributed by atoms with Crippen molar-refractivity contribution in [1.82, 2.24) is 4.90 Å². The van der Waals surface area contributed by atoms with Crippen LogP contribution in [0.2, 0.25) is 0 Å². The summed E-state index contributed by atoms with van der Waals surface area (Å²) in [4.78, 5) is 16.9. The highest BCUT2D eigenvalue weighted by Crippen LogP contribution is 2.71. The van der Waals surface area contributed by atoms with Gasteiger partial charge < -0.3 is 0 Å². The molecule has 250 valence electrons. The molecule has 0 amide bonds. The van der Waals surface area contributed by atoms with Crippen LogP contribution in [0, 0.1) is 17.2 Å². The fourth-order valence-corrected chi connectivity index (χ4v) is 10.8. The Labute approximate surface area is 301 Å². The molecule has 0 saturated carbocycles. The number of benzene rings is 5. The molecule has 0 bridgehead atoms. The Morgan fingerprint density at radius 1 is 0.784 bits per heavy atom. The Bertz CT molecular complexity index is 2280. The summed E-state index contributed by atoms with van der Waals surface area (Å²) in [6.07, 6.45) is 7.12. The lowest BCUT2D eigenvalue weighted by atomic mass is 9.53. The number of ketones is 1. The van der Waals surface area contributed by atoms with E-state index in [0.29, 0.717) is 5.56 Å². The molecule has 1 spiro atoms. The Morgan fingerprint density at radius 3 is 2.22 bits per heavy atom. The average Bonchev–Trinajstić information content (AvgIpc) is 3.61. The van der Waals surface area contributed by atoms with Gasteiger partial charge in [-0.3, -0.25) is 9.69 Å². The zero-order valence-electron chi connectivity index (χ0n) is 29.4. The Hall–Kier alpha value is -5.30. The van der Waals surface area contributed by atoms with Gasteiger partial charge in [0.15, 0.2) is 0 Å². The molecule has 0 aromatic heterocycles. The van der Waals surface area contributed by atoms with Crippen LogP contribution in [0.4, 0.5) is 0 Å². The van der Waals surface area contributed by atoms with Crippen LogP contribution in [0.1, 0.15) is 72.1 Å². The van der Waals surface area contributed by atoms with Crippen molar-refractivity contribution in [2.45, 2.75) is 62.9 Å². The van der Waals surface area contributed by atoms with E-state index in [9.17, 15) is 10.1 Å². The molecule has 3 heteroatoms. The second-order valence-electron chi connectivity index (χ2n) is 15.0. The van der Waals surface area contributed by atoms with E-state index in [1.54, 1.807) is 0 Å². The van der Waals surface area contributed by atoms with Gasteiger partial charge in [0.1, 0.15) is 5.78 Å². The largest absolute Gasteiger partial charge is 0.298 e. The van der Waals surface area contributed by atoms with Gasteiger partial charge >= 0.3 is 0 Å². The van der Waals surface area contributed by atoms with Crippen LogP contribution in [0.5, 0.6) is 0 Å². The predicted molar refractivity (Wildman–Crippen MR) is 206 cm³/mol. The number of nitrogens with zero attached hydrogens (tertiary/aromatic N) is 2. The second kappa shape index (κ2) is 12.2. The molecule has 1 saturated heterocycles. The topological polar surface area (TPSA) is 44.1 Å². The molecule has 2 aliphatic heterocycles. The van der Waals surface area contributed by atoms with Crippen molar-refractivity contribution in [3.63, 3.8) is 0 Å². The van der Waals surface area contributed by atoms with E-state index < -0.39 is 11.0 Å². The highest BCUT2D eigenvalue weighted by atomic mass is 16.1. The molecule has 3 nitrogen and oxygen atoms in total. The molecule has 2 heterocycles. The lowest BCUT2D eigenvalue weighted by Gasteiger charge is -2.55. The SMILES string of the molecule is CC(=O)C1[C@@H](C)C2(C3=C(CCC(c4ccccc4)=C3)c3ccc(-c4ccccc4)cc32)[C@@]2(CCc3ccc(C#N)cc3)c3ccccc3CCN12. The van der Waals surface area contributed by atoms with Crippen molar-refractivity contribution in [3.05, 3.63) is 178 Å². The van der Waals surface area contributed by atoms with E-state index in [2.05, 4.69) is 139 Å². The molecule has 4 aliphatic rings. The number of rotatable bonds is 6. The number of carbonyl (C=O) groups is 1. The van der Waals surface area contributed by atoms with E-state index in [1.807, 2.05) is 19.1 Å². The number of allylic oxidation sites excluding steroid dienone is 3. The quantitative estimate of drug-likeness (QED) is 0.182. The minimum atomic E-state index is -0.484. The number of Topliss-reactive ketones (excluding diaryl/α,β-unsaturated/α-hetero) is 1. The Kier molecular flexibility index (Phi) is 7.57. The number of hydrogen-bond acceptors (Lipinski definition) is 3. The molecule has 0 radical (unpaired) electrons. The monoisotopic (exact) mass is 662 g/mol. The van der Waals surface area contributed by atoms with Gasteiger partial charge in [0.25, 0.3) is 0 Å². The molecule has 51 heavy (non-hydrogen) atoms. The van der Waals surface area contributed by atoms with Crippen LogP contribution in [0.25, 0.3) is 22.3 Å². The first-order chi connectivity index (χ1) is 25.0. The van der Waals surface area contributed by atoms with E-state index in [-0.39, 0.29) is 17.7 Å². The predicted octanol–water partition coefficient (Wildman–Crippen LogP) is 10.1. The van der Waals surface area contributed by atoms with Crippen molar-refractivity contribution < 1.29 is 4.79 Å². The smallest absolute Gasteiger partial charge is 0.147 e. The van der Waals surface area contributed by atoms with E-state index in [1.165, 1.54) is 61.2 Å². The van der Waals surface area contributed by atoms with Gasteiger partial charge in [-0.15, -0.1) is 0 Å². The number of aryl methyl sites for hydroxylation is 1. The van der Waals surface area contributed by atoms with Gasteiger partial charge in [-0.05, 0) is 124 Å². The summed E-state index contributed by atoms with van der Waals surface area (Å²) in [5, 5.41) is 9.56. The van der Waals surface area contributed by atoms with Gasteiger partial charge in [0.05, 0.1) is 23.2 Å². The first kappa shape index (κ1) is 31.7. The fourth-order valence-electron chi connectivity index (χ4n) is 10.8. The van der Waals surface area contributed by atoms with E-state index in [4.69, 9.17) is 0 Å². The first-order valence-electron chi connectivity index (χ1n) is 18.5. The van der Waals surface area contributed by atoms with Gasteiger partial charge in [0, 0.05) is 12.0 Å². The second-order valence-corrected chi connectivity index (χ2v) is 15.0. The van der Waals surface area contributed by atoms with Crippen LogP contribution in [-0.2, 0) is 28.6 Å². The van der Waals surface area contributed by atoms with Gasteiger partial charge in [0.2, 0.25) is 0 Å². The van der Waals surface area contributed by atoms with Gasteiger partial charge in [-0.1, -0.05) is 122 Å². The summed E-state index contributed by atoms with van der Waals surface area (Å²) in [5.41, 5.74) is 14.3. The van der Waals surface area contributed by atoms with Crippen molar-refractivity contribution >= 4 is 16.9 Å². The third-order valence-corrected chi connectivity index (χ3v) is 12.7. The Morgan fingerprint density at radius 2 is 1.49 bits per heavy atom. The maximum atomic E-state index is 14.2. The molecule has 1 fully saturated rings. The highest BCUT2D eigenvalue weighted by Gasteiger charge is 2.72. The third-order valence-electron chi connectivity index (χ3n) is 12.7. The lowest BCUT2D eigenvalue weighted by Crippen LogP contribution is -2.58. The van der Waals surface area contributed by atoms with Crippen molar-refractivity contribution in [2.24, 2.45) is 5.92 Å². The third kappa shape index (κ3) is 4.56. The van der Waals surface area contributed by atoms with Crippen LogP contribution in [0.15, 0.2) is 139 Å². The van der Waals surface area contributed by atoms with Crippen LogP contribution in [-0.4, -0.2) is 23.3 Å². The molecule has 5 aromatic carbocycles. The summed E-state index contributed by atoms with van der Waals surface area (Å²) in [5.74, 6) is 0.269. The van der Waals surface area contributed by atoms with E-state index >= 15 is 0 Å². The summed E-state index contributed by atoms with van der Waals surface area (Å²) in [6, 6.07) is 48.1. The maximum Gasteiger partial charge on any atom is 0.147 e. The lowest BCUT2D eigenvalue weighted by molar-refractivity contribution is -0.123. The molecule has 5 aromatic rings. The number of carbonyl (C=O) groups excluding carboxylic acids is 1. The minimum Gasteiger partial charge on any atom is -0.298 e. The normalized spacial score (nSPS) is 24.7. The summed E-state index contributed by atoms with van der Waals surface area (Å²) in [7, 11) is 0. The fraction of sp³-hybridized carbons (Fsp3) is 0.250. The molecule has 2 unspecified atom stereocenters. The standard InChI is InChI=1S/C48H42N2O/c1-32-46(33(2)51)50-28-26-38-15-9-10-16-43(38)47(50,27-25-34-17-19-35(31-49)20-18-34)48(32)44-29-39(36-11-5-3-6-12-36)21-23-41(44)42-24-22-40(30-45(42)48)37-13-7-4-8-14-37/h3-21,23,29-30,32,46H,22,24-28H2,1-2H3/t32-,46?,47-,48?/m1/s1. The van der Waals surface area contributed by atoms with Gasteiger partial charge in [-0.2, -0.15) is 5.26 Å². The van der Waals surface area contributed by atoms with Crippen molar-refractivity contribution in [3.8, 4) is 17.2 Å². The van der Waals surface area contributed by atoms with Crippen LogP contribution < -0.4 is 0 Å². The molecule has 4 atom stereocenters. The van der Waals surface area contributed by atoms with E-state index in [0.717, 1.165) is 38.6 Å². The molecule has 0 N–H and O–H groups in total. The minimum absolute atomic E-state index is 0.0192. The zero-order valence-corrected chi connectivity index (χ0v) is 29.4. The molecular weight excluding hydrogens is 621 g/mol. The summed E-state index contributed by atoms with van der Waals surface area (Å²) in [6.45, 7) is 5.05. The molecular formula is C48H42N2O. The van der Waals surface area contributed by atoms with Crippen LogP contribution >= 0.6 is 0 Å². The number of fused-ring (bicyclic) bond motifs is 8. The van der Waals surface area contributed by atoms with Crippen molar-refractivity contribution in [1.29, 1.82) is 5.26 Å². The number of nitriles is 1. The molecule has 9 rings (SSSR count). The van der Waals surface area contributed by atoms with Gasteiger partial charge in [-0.25, -0.2) is 0 Å². The Balaban J connectivity index is 1.37. The zero-order chi connectivity index (χ0) is 34.7. The summed E-state index contributed by atoms with van der Waals surface area (Å²) < 4.78 is 0. The highest BCUT2D eigenvalue weighted by molar-refractivity contribution is 5.93. The summed E-state index contributed by atoms with van der Waals surface area (Å²) >= 11 is 0.